The Morgan fingerprint density at radius 1 is 1.38 bits per heavy atom. The molecular weight excluding hydrogens is 226 g/mol. The van der Waals surface area contributed by atoms with Crippen LogP contribution in [0.1, 0.15) is 33.1 Å². The van der Waals surface area contributed by atoms with E-state index in [0.717, 1.165) is 6.42 Å². The number of likely N-dealkylation sites (tertiary alicyclic amines) is 1. The fraction of sp³-hybridized carbons (Fsp3) is 0.909. The molecule has 0 N–H and O–H groups in total. The number of piperidine rings is 1. The molecule has 0 aromatic rings. The van der Waals surface area contributed by atoms with Gasteiger partial charge in [-0.1, -0.05) is 0 Å². The Balaban J connectivity index is 2.16. The number of ketones is 1. The molecule has 4 nitrogen and oxygen atoms in total. The van der Waals surface area contributed by atoms with Gasteiger partial charge < -0.3 is 0 Å². The molecule has 16 heavy (non-hydrogen) atoms. The van der Waals surface area contributed by atoms with Crippen molar-refractivity contribution in [2.75, 3.05) is 18.1 Å². The van der Waals surface area contributed by atoms with Crippen LogP contribution >= 0.6 is 0 Å². The molecule has 2 saturated heterocycles. The van der Waals surface area contributed by atoms with E-state index in [2.05, 4.69) is 18.7 Å². The van der Waals surface area contributed by atoms with E-state index in [9.17, 15) is 13.2 Å². The molecule has 0 aromatic carbocycles. The van der Waals surface area contributed by atoms with Crippen molar-refractivity contribution < 1.29 is 13.2 Å². The molecule has 1 unspecified atom stereocenters. The fourth-order valence-electron chi connectivity index (χ4n) is 2.72. The van der Waals surface area contributed by atoms with Gasteiger partial charge in [0.15, 0.2) is 9.84 Å². The van der Waals surface area contributed by atoms with Crippen LogP contribution in [0.15, 0.2) is 0 Å². The molecule has 2 aliphatic rings. The van der Waals surface area contributed by atoms with E-state index in [-0.39, 0.29) is 28.9 Å². The van der Waals surface area contributed by atoms with E-state index in [1.165, 1.54) is 0 Å². The minimum atomic E-state index is -2.87. The summed E-state index contributed by atoms with van der Waals surface area (Å²) < 4.78 is 22.9. The summed E-state index contributed by atoms with van der Waals surface area (Å²) in [5.41, 5.74) is -0.0432. The standard InChI is InChI=1S/C11H19NO3S/c1-11(2)5-3-10(13)7-12(11)9-4-6-16(14,15)8-9/h9H,3-8H2,1-2H3. The lowest BCUT2D eigenvalue weighted by molar-refractivity contribution is -0.127. The lowest BCUT2D eigenvalue weighted by Crippen LogP contribution is -2.55. The van der Waals surface area contributed by atoms with Gasteiger partial charge >= 0.3 is 0 Å². The predicted molar refractivity (Wildman–Crippen MR) is 62.1 cm³/mol. The Kier molecular flexibility index (Phi) is 2.87. The van der Waals surface area contributed by atoms with Gasteiger partial charge in [-0.2, -0.15) is 0 Å². The van der Waals surface area contributed by atoms with Crippen LogP contribution in [0, 0.1) is 0 Å². The summed E-state index contributed by atoms with van der Waals surface area (Å²) in [5.74, 6) is 0.742. The molecule has 92 valence electrons. The third kappa shape index (κ3) is 2.30. The van der Waals surface area contributed by atoms with Crippen molar-refractivity contribution in [3.05, 3.63) is 0 Å². The normalized spacial score (nSPS) is 34.1. The maximum atomic E-state index is 11.5. The molecule has 2 rings (SSSR count). The van der Waals surface area contributed by atoms with E-state index >= 15 is 0 Å². The average molecular weight is 245 g/mol. The third-order valence-corrected chi connectivity index (χ3v) is 5.54. The number of nitrogens with zero attached hydrogens (tertiary/aromatic N) is 1. The molecule has 0 radical (unpaired) electrons. The Labute approximate surface area is 96.9 Å². The molecule has 0 bridgehead atoms. The maximum Gasteiger partial charge on any atom is 0.151 e. The lowest BCUT2D eigenvalue weighted by atomic mass is 9.88. The smallest absolute Gasteiger partial charge is 0.151 e. The maximum absolute atomic E-state index is 11.5. The zero-order chi connectivity index (χ0) is 12.0. The van der Waals surface area contributed by atoms with Gasteiger partial charge in [0, 0.05) is 18.0 Å². The van der Waals surface area contributed by atoms with Crippen LogP contribution in [0.3, 0.4) is 0 Å². The molecule has 0 amide bonds. The second-order valence-electron chi connectivity index (χ2n) is 5.54. The molecule has 0 aromatic heterocycles. The number of sulfone groups is 1. The lowest BCUT2D eigenvalue weighted by Gasteiger charge is -2.45. The fourth-order valence-corrected chi connectivity index (χ4v) is 4.45. The van der Waals surface area contributed by atoms with Crippen molar-refractivity contribution in [1.82, 2.24) is 4.90 Å². The van der Waals surface area contributed by atoms with E-state index in [0.29, 0.717) is 19.4 Å². The summed E-state index contributed by atoms with van der Waals surface area (Å²) in [5, 5.41) is 0. The molecule has 1 atom stereocenters. The van der Waals surface area contributed by atoms with Gasteiger partial charge in [-0.3, -0.25) is 9.69 Å². The summed E-state index contributed by atoms with van der Waals surface area (Å²) in [6.45, 7) is 4.63. The first-order valence-electron chi connectivity index (χ1n) is 5.79. The molecule has 0 aliphatic carbocycles. The molecule has 2 aliphatic heterocycles. The molecule has 2 fully saturated rings. The molecule has 0 spiro atoms. The van der Waals surface area contributed by atoms with E-state index in [1.54, 1.807) is 0 Å². The minimum absolute atomic E-state index is 0.0432. The SMILES string of the molecule is CC1(C)CCC(=O)CN1C1CCS(=O)(=O)C1. The van der Waals surface area contributed by atoms with Crippen LogP contribution in [0.25, 0.3) is 0 Å². The van der Waals surface area contributed by atoms with Gasteiger partial charge in [-0.15, -0.1) is 0 Å². The molecule has 2 heterocycles. The topological polar surface area (TPSA) is 54.5 Å². The highest BCUT2D eigenvalue weighted by molar-refractivity contribution is 7.91. The Morgan fingerprint density at radius 3 is 2.62 bits per heavy atom. The Bertz CT molecular complexity index is 399. The summed E-state index contributed by atoms with van der Waals surface area (Å²) >= 11 is 0. The van der Waals surface area contributed by atoms with Crippen molar-refractivity contribution in [1.29, 1.82) is 0 Å². The van der Waals surface area contributed by atoms with Gasteiger partial charge in [0.05, 0.1) is 18.1 Å². The summed E-state index contributed by atoms with van der Waals surface area (Å²) in [7, 11) is -2.87. The third-order valence-electron chi connectivity index (χ3n) is 3.79. The van der Waals surface area contributed by atoms with Crippen LogP contribution in [0.5, 0.6) is 0 Å². The van der Waals surface area contributed by atoms with Crippen LogP contribution in [0.4, 0.5) is 0 Å². The van der Waals surface area contributed by atoms with Gasteiger partial charge in [0.2, 0.25) is 0 Å². The van der Waals surface area contributed by atoms with Crippen LogP contribution in [-0.2, 0) is 14.6 Å². The second-order valence-corrected chi connectivity index (χ2v) is 7.76. The number of carbonyl (C=O) groups is 1. The summed E-state index contributed by atoms with van der Waals surface area (Å²) in [6.07, 6.45) is 2.14. The quantitative estimate of drug-likeness (QED) is 0.679. The monoisotopic (exact) mass is 245 g/mol. The van der Waals surface area contributed by atoms with Gasteiger partial charge in [-0.05, 0) is 26.7 Å². The Hall–Kier alpha value is -0.420. The van der Waals surface area contributed by atoms with E-state index in [4.69, 9.17) is 0 Å². The zero-order valence-electron chi connectivity index (χ0n) is 9.90. The largest absolute Gasteiger partial charge is 0.298 e. The molecule has 0 saturated carbocycles. The zero-order valence-corrected chi connectivity index (χ0v) is 10.7. The number of carbonyl (C=O) groups excluding carboxylic acids is 1. The van der Waals surface area contributed by atoms with Crippen LogP contribution in [0.2, 0.25) is 0 Å². The second kappa shape index (κ2) is 3.81. The molecule has 5 heteroatoms. The summed E-state index contributed by atoms with van der Waals surface area (Å²) in [6, 6.07) is 0.0456. The van der Waals surface area contributed by atoms with Crippen LogP contribution in [-0.4, -0.2) is 48.7 Å². The van der Waals surface area contributed by atoms with Crippen molar-refractivity contribution in [3.8, 4) is 0 Å². The first-order chi connectivity index (χ1) is 7.30. The number of hydrogen-bond acceptors (Lipinski definition) is 4. The predicted octanol–water partition coefficient (Wildman–Crippen LogP) is 0.617. The van der Waals surface area contributed by atoms with Gasteiger partial charge in [-0.25, -0.2) is 8.42 Å². The first kappa shape index (κ1) is 12.0. The van der Waals surface area contributed by atoms with E-state index < -0.39 is 9.84 Å². The highest BCUT2D eigenvalue weighted by Crippen LogP contribution is 2.31. The number of Topliss-reactive ketones (excluding diaryl/α,β-unsaturated/α-hetero) is 1. The first-order valence-corrected chi connectivity index (χ1v) is 7.61. The van der Waals surface area contributed by atoms with E-state index in [1.807, 2.05) is 0 Å². The van der Waals surface area contributed by atoms with Crippen molar-refractivity contribution in [3.63, 3.8) is 0 Å². The van der Waals surface area contributed by atoms with Crippen molar-refractivity contribution >= 4 is 15.6 Å². The minimum Gasteiger partial charge on any atom is -0.298 e. The summed E-state index contributed by atoms with van der Waals surface area (Å²) in [4.78, 5) is 13.6. The highest BCUT2D eigenvalue weighted by Gasteiger charge is 2.41. The number of hydrogen-bond donors (Lipinski definition) is 0. The van der Waals surface area contributed by atoms with Crippen LogP contribution < -0.4 is 0 Å². The van der Waals surface area contributed by atoms with Crippen molar-refractivity contribution in [2.45, 2.75) is 44.7 Å². The van der Waals surface area contributed by atoms with Crippen molar-refractivity contribution in [2.24, 2.45) is 0 Å². The van der Waals surface area contributed by atoms with Gasteiger partial charge in [0.25, 0.3) is 0 Å². The van der Waals surface area contributed by atoms with Gasteiger partial charge in [0.1, 0.15) is 5.78 Å². The molecular formula is C11H19NO3S. The number of rotatable bonds is 1. The average Bonchev–Trinajstić information content (AvgIpc) is 2.50. The Morgan fingerprint density at radius 2 is 2.06 bits per heavy atom. The highest BCUT2D eigenvalue weighted by atomic mass is 32.2.